The minimum Gasteiger partial charge on any atom is -0.439 e. The number of hydrogen-bond donors (Lipinski definition) is 2. The molecule has 0 amide bonds. The predicted molar refractivity (Wildman–Crippen MR) is 86.8 cm³/mol. The molecule has 0 saturated carbocycles. The summed E-state index contributed by atoms with van der Waals surface area (Å²) in [5.41, 5.74) is 3.23. The Balaban J connectivity index is 1.52. The van der Waals surface area contributed by atoms with E-state index in [4.69, 9.17) is 9.40 Å². The Bertz CT molecular complexity index is 625. The van der Waals surface area contributed by atoms with Crippen LogP contribution in [0.2, 0.25) is 0 Å². The van der Waals surface area contributed by atoms with E-state index >= 15 is 0 Å². The van der Waals surface area contributed by atoms with E-state index in [-0.39, 0.29) is 0 Å². The van der Waals surface area contributed by atoms with E-state index < -0.39 is 0 Å². The maximum Gasteiger partial charge on any atom is 0.212 e. The Morgan fingerprint density at radius 2 is 2.18 bits per heavy atom. The molecule has 0 aliphatic carbocycles. The molecular formula is C17H24N4O. The fourth-order valence-electron chi connectivity index (χ4n) is 3.45. The van der Waals surface area contributed by atoms with E-state index in [0.29, 0.717) is 6.04 Å². The molecule has 5 heteroatoms. The lowest BCUT2D eigenvalue weighted by Crippen LogP contribution is -2.27. The number of fused-ring (bicyclic) bond motifs is 1. The second-order valence-corrected chi connectivity index (χ2v) is 6.38. The largest absolute Gasteiger partial charge is 0.439 e. The summed E-state index contributed by atoms with van der Waals surface area (Å²) < 4.78 is 5.92. The van der Waals surface area contributed by atoms with Crippen molar-refractivity contribution in [1.29, 1.82) is 0 Å². The van der Waals surface area contributed by atoms with Crippen LogP contribution in [-0.4, -0.2) is 42.6 Å². The van der Waals surface area contributed by atoms with Crippen molar-refractivity contribution >= 4 is 11.1 Å². The lowest BCUT2D eigenvalue weighted by molar-refractivity contribution is 0.284. The molecule has 4 rings (SSSR count). The number of rotatable bonds is 3. The van der Waals surface area contributed by atoms with E-state index in [0.717, 1.165) is 56.1 Å². The Kier molecular flexibility index (Phi) is 4.10. The smallest absolute Gasteiger partial charge is 0.212 e. The molecule has 2 aromatic rings. The molecule has 2 saturated heterocycles. The molecular weight excluding hydrogens is 276 g/mol. The second-order valence-electron chi connectivity index (χ2n) is 6.38. The van der Waals surface area contributed by atoms with Gasteiger partial charge in [-0.1, -0.05) is 6.07 Å². The Hall–Kier alpha value is -1.43. The van der Waals surface area contributed by atoms with E-state index in [1.807, 2.05) is 0 Å². The van der Waals surface area contributed by atoms with Crippen LogP contribution in [0.15, 0.2) is 22.6 Å². The van der Waals surface area contributed by atoms with Crippen LogP contribution in [0, 0.1) is 0 Å². The van der Waals surface area contributed by atoms with E-state index in [9.17, 15) is 0 Å². The average Bonchev–Trinajstić information content (AvgIpc) is 3.12. The predicted octanol–water partition coefficient (Wildman–Crippen LogP) is 2.05. The van der Waals surface area contributed by atoms with E-state index in [1.54, 1.807) is 0 Å². The molecule has 118 valence electrons. The molecule has 1 aromatic carbocycles. The van der Waals surface area contributed by atoms with Crippen LogP contribution >= 0.6 is 0 Å². The maximum absolute atomic E-state index is 5.92. The van der Waals surface area contributed by atoms with Crippen molar-refractivity contribution in [3.63, 3.8) is 0 Å². The number of hydrogen-bond acceptors (Lipinski definition) is 5. The minimum absolute atomic E-state index is 0.299. The van der Waals surface area contributed by atoms with Gasteiger partial charge >= 0.3 is 0 Å². The average molecular weight is 300 g/mol. The summed E-state index contributed by atoms with van der Waals surface area (Å²) in [6.07, 6.45) is 3.56. The standard InChI is InChI=1S/C17H24N4O/c1-3-14(19-7-1)17-20-15-11-13(4-5-16(15)22-17)12-21-9-2-6-18-8-10-21/h4-5,11,14,18-19H,1-3,6-10,12H2. The van der Waals surface area contributed by atoms with Gasteiger partial charge in [0.1, 0.15) is 5.52 Å². The third-order valence-corrected chi connectivity index (χ3v) is 4.67. The minimum atomic E-state index is 0.299. The molecule has 2 fully saturated rings. The lowest BCUT2D eigenvalue weighted by Gasteiger charge is -2.19. The summed E-state index contributed by atoms with van der Waals surface area (Å²) in [4.78, 5) is 7.22. The fraction of sp³-hybridized carbons (Fsp3) is 0.588. The van der Waals surface area contributed by atoms with Gasteiger partial charge in [0.2, 0.25) is 5.89 Å². The molecule has 2 N–H and O–H groups in total. The van der Waals surface area contributed by atoms with Gasteiger partial charge < -0.3 is 15.1 Å². The topological polar surface area (TPSA) is 53.3 Å². The fourth-order valence-corrected chi connectivity index (χ4v) is 3.45. The summed E-state index contributed by atoms with van der Waals surface area (Å²) >= 11 is 0. The van der Waals surface area contributed by atoms with Gasteiger partial charge in [-0.3, -0.25) is 4.90 Å². The molecule has 0 radical (unpaired) electrons. The molecule has 2 aliphatic heterocycles. The summed E-state index contributed by atoms with van der Waals surface area (Å²) in [5, 5.41) is 6.90. The first-order valence-electron chi connectivity index (χ1n) is 8.44. The zero-order valence-electron chi connectivity index (χ0n) is 13.0. The van der Waals surface area contributed by atoms with Gasteiger partial charge in [0, 0.05) is 19.6 Å². The van der Waals surface area contributed by atoms with Crippen molar-refractivity contribution in [2.45, 2.75) is 31.8 Å². The second kappa shape index (κ2) is 6.36. The quantitative estimate of drug-likeness (QED) is 0.908. The van der Waals surface area contributed by atoms with Gasteiger partial charge in [0.15, 0.2) is 5.58 Å². The van der Waals surface area contributed by atoms with Crippen LogP contribution in [-0.2, 0) is 6.54 Å². The van der Waals surface area contributed by atoms with Crippen molar-refractivity contribution < 1.29 is 4.42 Å². The number of oxazole rings is 1. The van der Waals surface area contributed by atoms with Crippen LogP contribution in [0.25, 0.3) is 11.1 Å². The first-order chi connectivity index (χ1) is 10.9. The third-order valence-electron chi connectivity index (χ3n) is 4.67. The molecule has 5 nitrogen and oxygen atoms in total. The summed E-state index contributed by atoms with van der Waals surface area (Å²) in [6, 6.07) is 6.74. The van der Waals surface area contributed by atoms with Gasteiger partial charge in [0.25, 0.3) is 0 Å². The van der Waals surface area contributed by atoms with Gasteiger partial charge in [-0.15, -0.1) is 0 Å². The van der Waals surface area contributed by atoms with Crippen LogP contribution < -0.4 is 10.6 Å². The SMILES string of the molecule is c1cc2oc(C3CCCN3)nc2cc1CN1CCCNCC1. The van der Waals surface area contributed by atoms with Crippen molar-refractivity contribution in [2.24, 2.45) is 0 Å². The van der Waals surface area contributed by atoms with E-state index in [2.05, 4.69) is 33.7 Å². The van der Waals surface area contributed by atoms with Gasteiger partial charge in [-0.2, -0.15) is 0 Å². The van der Waals surface area contributed by atoms with Crippen molar-refractivity contribution in [3.8, 4) is 0 Å². The lowest BCUT2D eigenvalue weighted by atomic mass is 10.2. The van der Waals surface area contributed by atoms with Crippen LogP contribution in [0.3, 0.4) is 0 Å². The summed E-state index contributed by atoms with van der Waals surface area (Å²) in [7, 11) is 0. The van der Waals surface area contributed by atoms with Crippen molar-refractivity contribution in [2.75, 3.05) is 32.7 Å². The zero-order valence-corrected chi connectivity index (χ0v) is 13.0. The molecule has 1 unspecified atom stereocenters. The third kappa shape index (κ3) is 3.02. The highest BCUT2D eigenvalue weighted by atomic mass is 16.3. The first-order valence-corrected chi connectivity index (χ1v) is 8.44. The molecule has 1 atom stereocenters. The van der Waals surface area contributed by atoms with Gasteiger partial charge in [0.05, 0.1) is 6.04 Å². The number of nitrogens with one attached hydrogen (secondary N) is 2. The molecule has 0 bridgehead atoms. The first kappa shape index (κ1) is 14.2. The maximum atomic E-state index is 5.92. The van der Waals surface area contributed by atoms with Crippen LogP contribution in [0.5, 0.6) is 0 Å². The van der Waals surface area contributed by atoms with Crippen molar-refractivity contribution in [1.82, 2.24) is 20.5 Å². The highest BCUT2D eigenvalue weighted by Crippen LogP contribution is 2.26. The summed E-state index contributed by atoms with van der Waals surface area (Å²) in [5.74, 6) is 0.851. The van der Waals surface area contributed by atoms with E-state index in [1.165, 1.54) is 24.9 Å². The van der Waals surface area contributed by atoms with Gasteiger partial charge in [-0.05, 0) is 56.6 Å². The Morgan fingerprint density at radius 1 is 1.18 bits per heavy atom. The summed E-state index contributed by atoms with van der Waals surface area (Å²) in [6.45, 7) is 6.58. The molecule has 1 aromatic heterocycles. The normalized spacial score (nSPS) is 23.9. The van der Waals surface area contributed by atoms with Gasteiger partial charge in [-0.25, -0.2) is 4.98 Å². The Morgan fingerprint density at radius 3 is 3.09 bits per heavy atom. The Labute approximate surface area is 131 Å². The molecule has 0 spiro atoms. The van der Waals surface area contributed by atoms with Crippen LogP contribution in [0.4, 0.5) is 0 Å². The van der Waals surface area contributed by atoms with Crippen LogP contribution in [0.1, 0.15) is 36.8 Å². The number of benzene rings is 1. The highest BCUT2D eigenvalue weighted by molar-refractivity contribution is 5.73. The molecule has 3 heterocycles. The zero-order chi connectivity index (χ0) is 14.8. The van der Waals surface area contributed by atoms with Crippen molar-refractivity contribution in [3.05, 3.63) is 29.7 Å². The monoisotopic (exact) mass is 300 g/mol. The number of nitrogens with zero attached hydrogens (tertiary/aromatic N) is 2. The number of aromatic nitrogens is 1. The molecule has 2 aliphatic rings. The molecule has 22 heavy (non-hydrogen) atoms. The highest BCUT2D eigenvalue weighted by Gasteiger charge is 2.21.